The quantitative estimate of drug-likeness (QED) is 0.856. The summed E-state index contributed by atoms with van der Waals surface area (Å²) in [5.74, 6) is 1.66. The smallest absolute Gasteiger partial charge is 0.289 e. The minimum absolute atomic E-state index is 0.0442. The van der Waals surface area contributed by atoms with E-state index >= 15 is 0 Å². The number of amides is 2. The lowest BCUT2D eigenvalue weighted by atomic mass is 10.1. The van der Waals surface area contributed by atoms with Gasteiger partial charge >= 0.3 is 0 Å². The maximum atomic E-state index is 12.6. The SMILES string of the molecule is CCc1ccc(C(=O)N2CCN(C(=O)c3cccc(OC)c3)CC2)o1. The first-order valence-electron chi connectivity index (χ1n) is 8.43. The molecule has 2 amide bonds. The molecule has 1 aromatic carbocycles. The van der Waals surface area contributed by atoms with Crippen LogP contribution in [0.2, 0.25) is 0 Å². The molecule has 6 heteroatoms. The molecule has 0 saturated carbocycles. The summed E-state index contributed by atoms with van der Waals surface area (Å²) in [7, 11) is 1.58. The Morgan fingerprint density at radius 2 is 1.72 bits per heavy atom. The van der Waals surface area contributed by atoms with Crippen LogP contribution in [0.25, 0.3) is 0 Å². The zero-order chi connectivity index (χ0) is 17.8. The largest absolute Gasteiger partial charge is 0.497 e. The van der Waals surface area contributed by atoms with Gasteiger partial charge in [-0.1, -0.05) is 13.0 Å². The number of nitrogens with zero attached hydrogens (tertiary/aromatic N) is 2. The molecule has 1 aliphatic heterocycles. The summed E-state index contributed by atoms with van der Waals surface area (Å²) in [6, 6.07) is 10.7. The van der Waals surface area contributed by atoms with E-state index in [9.17, 15) is 9.59 Å². The maximum Gasteiger partial charge on any atom is 0.289 e. The molecular formula is C19H22N2O4. The molecule has 132 valence electrons. The number of carbonyl (C=O) groups excluding carboxylic acids is 2. The Kier molecular flexibility index (Phi) is 5.07. The Balaban J connectivity index is 1.61. The van der Waals surface area contributed by atoms with Crippen molar-refractivity contribution in [3.8, 4) is 5.75 Å². The number of hydrogen-bond acceptors (Lipinski definition) is 4. The first-order chi connectivity index (χ1) is 12.1. The van der Waals surface area contributed by atoms with Gasteiger partial charge in [0.1, 0.15) is 11.5 Å². The van der Waals surface area contributed by atoms with Crippen molar-refractivity contribution in [3.63, 3.8) is 0 Å². The monoisotopic (exact) mass is 342 g/mol. The number of rotatable bonds is 4. The Morgan fingerprint density at radius 1 is 1.04 bits per heavy atom. The van der Waals surface area contributed by atoms with Crippen molar-refractivity contribution in [2.75, 3.05) is 33.3 Å². The minimum atomic E-state index is -0.117. The zero-order valence-corrected chi connectivity index (χ0v) is 14.5. The first-order valence-corrected chi connectivity index (χ1v) is 8.43. The van der Waals surface area contributed by atoms with Gasteiger partial charge in [0.05, 0.1) is 7.11 Å². The molecule has 0 aliphatic carbocycles. The highest BCUT2D eigenvalue weighted by atomic mass is 16.5. The third kappa shape index (κ3) is 3.68. The molecule has 0 radical (unpaired) electrons. The zero-order valence-electron chi connectivity index (χ0n) is 14.5. The van der Waals surface area contributed by atoms with Crippen LogP contribution in [0.5, 0.6) is 5.75 Å². The molecule has 1 aromatic heterocycles. The normalized spacial score (nSPS) is 14.5. The number of aryl methyl sites for hydroxylation is 1. The summed E-state index contributed by atoms with van der Waals surface area (Å²) in [6.45, 7) is 3.98. The van der Waals surface area contributed by atoms with Gasteiger partial charge in [0, 0.05) is 38.2 Å². The molecule has 0 bridgehead atoms. The highest BCUT2D eigenvalue weighted by Crippen LogP contribution is 2.17. The van der Waals surface area contributed by atoms with Gasteiger partial charge in [-0.15, -0.1) is 0 Å². The fourth-order valence-corrected chi connectivity index (χ4v) is 2.89. The third-order valence-electron chi connectivity index (χ3n) is 4.39. The average Bonchev–Trinajstić information content (AvgIpc) is 3.16. The Hall–Kier alpha value is -2.76. The molecular weight excluding hydrogens is 320 g/mol. The summed E-state index contributed by atoms with van der Waals surface area (Å²) in [5, 5.41) is 0. The molecule has 2 aromatic rings. The van der Waals surface area contributed by atoms with Crippen LogP contribution in [0.15, 0.2) is 40.8 Å². The topological polar surface area (TPSA) is 63.0 Å². The van der Waals surface area contributed by atoms with Gasteiger partial charge in [0.15, 0.2) is 5.76 Å². The van der Waals surface area contributed by atoms with Crippen LogP contribution in [0, 0.1) is 0 Å². The second kappa shape index (κ2) is 7.42. The predicted octanol–water partition coefficient (Wildman–Crippen LogP) is 2.45. The van der Waals surface area contributed by atoms with E-state index in [1.54, 1.807) is 47.2 Å². The molecule has 1 fully saturated rings. The van der Waals surface area contributed by atoms with Crippen molar-refractivity contribution >= 4 is 11.8 Å². The van der Waals surface area contributed by atoms with E-state index in [0.717, 1.165) is 12.2 Å². The lowest BCUT2D eigenvalue weighted by Gasteiger charge is -2.34. The number of furan rings is 1. The molecule has 0 N–H and O–H groups in total. The summed E-state index contributed by atoms with van der Waals surface area (Å²) in [4.78, 5) is 28.6. The lowest BCUT2D eigenvalue weighted by molar-refractivity contribution is 0.0517. The van der Waals surface area contributed by atoms with Crippen LogP contribution < -0.4 is 4.74 Å². The van der Waals surface area contributed by atoms with Gasteiger partial charge in [-0.2, -0.15) is 0 Å². The highest BCUT2D eigenvalue weighted by Gasteiger charge is 2.27. The maximum absolute atomic E-state index is 12.6. The molecule has 3 rings (SSSR count). The van der Waals surface area contributed by atoms with Crippen LogP contribution in [0.1, 0.15) is 33.6 Å². The number of ether oxygens (including phenoxy) is 1. The summed E-state index contributed by atoms with van der Waals surface area (Å²) in [5.41, 5.74) is 0.595. The van der Waals surface area contributed by atoms with E-state index in [4.69, 9.17) is 9.15 Å². The average molecular weight is 342 g/mol. The summed E-state index contributed by atoms with van der Waals surface area (Å²) >= 11 is 0. The Labute approximate surface area is 147 Å². The van der Waals surface area contributed by atoms with Crippen LogP contribution in [0.3, 0.4) is 0 Å². The van der Waals surface area contributed by atoms with Crippen molar-refractivity contribution in [2.45, 2.75) is 13.3 Å². The molecule has 25 heavy (non-hydrogen) atoms. The number of benzene rings is 1. The molecule has 0 unspecified atom stereocenters. The summed E-state index contributed by atoms with van der Waals surface area (Å²) < 4.78 is 10.7. The molecule has 6 nitrogen and oxygen atoms in total. The fourth-order valence-electron chi connectivity index (χ4n) is 2.89. The van der Waals surface area contributed by atoms with E-state index in [1.807, 2.05) is 13.0 Å². The van der Waals surface area contributed by atoms with Crippen molar-refractivity contribution < 1.29 is 18.7 Å². The summed E-state index contributed by atoms with van der Waals surface area (Å²) in [6.07, 6.45) is 0.760. The van der Waals surface area contributed by atoms with Gasteiger partial charge < -0.3 is 19.0 Å². The van der Waals surface area contributed by atoms with E-state index in [1.165, 1.54) is 0 Å². The van der Waals surface area contributed by atoms with Crippen LogP contribution >= 0.6 is 0 Å². The second-order valence-electron chi connectivity index (χ2n) is 5.94. The van der Waals surface area contributed by atoms with E-state index < -0.39 is 0 Å². The van der Waals surface area contributed by atoms with Crippen LogP contribution in [-0.2, 0) is 6.42 Å². The second-order valence-corrected chi connectivity index (χ2v) is 5.94. The molecule has 0 atom stereocenters. The van der Waals surface area contributed by atoms with Crippen molar-refractivity contribution in [3.05, 3.63) is 53.5 Å². The lowest BCUT2D eigenvalue weighted by Crippen LogP contribution is -2.50. The first kappa shape index (κ1) is 17.1. The fraction of sp³-hybridized carbons (Fsp3) is 0.368. The van der Waals surface area contributed by atoms with E-state index in [0.29, 0.717) is 43.3 Å². The van der Waals surface area contributed by atoms with Gasteiger partial charge in [-0.3, -0.25) is 9.59 Å². The molecule has 1 saturated heterocycles. The third-order valence-corrected chi connectivity index (χ3v) is 4.39. The minimum Gasteiger partial charge on any atom is -0.497 e. The number of piperazine rings is 1. The molecule has 2 heterocycles. The molecule has 1 aliphatic rings. The Bertz CT molecular complexity index is 760. The predicted molar refractivity (Wildman–Crippen MR) is 92.9 cm³/mol. The van der Waals surface area contributed by atoms with Crippen LogP contribution in [0.4, 0.5) is 0 Å². The van der Waals surface area contributed by atoms with Gasteiger partial charge in [0.25, 0.3) is 11.8 Å². The number of methoxy groups -OCH3 is 1. The van der Waals surface area contributed by atoms with Gasteiger partial charge in [-0.05, 0) is 30.3 Å². The van der Waals surface area contributed by atoms with E-state index in [-0.39, 0.29) is 11.8 Å². The number of hydrogen-bond donors (Lipinski definition) is 0. The van der Waals surface area contributed by atoms with Crippen molar-refractivity contribution in [1.29, 1.82) is 0 Å². The highest BCUT2D eigenvalue weighted by molar-refractivity contribution is 5.95. The number of carbonyl (C=O) groups is 2. The Morgan fingerprint density at radius 3 is 2.32 bits per heavy atom. The molecule has 0 spiro atoms. The van der Waals surface area contributed by atoms with E-state index in [2.05, 4.69) is 0 Å². The van der Waals surface area contributed by atoms with Crippen molar-refractivity contribution in [1.82, 2.24) is 9.80 Å². The van der Waals surface area contributed by atoms with Gasteiger partial charge in [0.2, 0.25) is 0 Å². The van der Waals surface area contributed by atoms with Crippen LogP contribution in [-0.4, -0.2) is 54.9 Å². The van der Waals surface area contributed by atoms with Crippen molar-refractivity contribution in [2.24, 2.45) is 0 Å². The van der Waals surface area contributed by atoms with Gasteiger partial charge in [-0.25, -0.2) is 0 Å². The standard InChI is InChI=1S/C19H22N2O4/c1-3-15-7-8-17(25-15)19(23)21-11-9-20(10-12-21)18(22)14-5-4-6-16(13-14)24-2/h4-8,13H,3,9-12H2,1-2H3.